The molecule has 5 rings (SSSR count). The summed E-state index contributed by atoms with van der Waals surface area (Å²) in [4.78, 5) is 32.2. The minimum absolute atomic E-state index is 0.218. The number of allylic oxidation sites excluding steroid dienone is 1. The summed E-state index contributed by atoms with van der Waals surface area (Å²) >= 11 is 11.2. The van der Waals surface area contributed by atoms with E-state index in [1.54, 1.807) is 36.6 Å². The molecule has 0 saturated heterocycles. The number of ether oxygens (including phenoxy) is 2. The second kappa shape index (κ2) is 12.0. The molecule has 1 aliphatic heterocycles. The summed E-state index contributed by atoms with van der Waals surface area (Å²) in [6, 6.07) is 20.5. The molecule has 0 N–H and O–H groups in total. The molecule has 1 atom stereocenters. The molecule has 0 radical (unpaired) electrons. The van der Waals surface area contributed by atoms with E-state index in [-0.39, 0.29) is 12.2 Å². The Balaban J connectivity index is 1.65. The Kier molecular flexibility index (Phi) is 8.40. The SMILES string of the molecule is CCOC(=O)C1=C(C)N=c2s/c(=C\c3cc(Cl)cc(Br)c3OCc3ccccc3)c(=O)n2[C@H]1c1ccc(C)cc1. The molecule has 0 spiro atoms. The third kappa shape index (κ3) is 5.70. The lowest BCUT2D eigenvalue weighted by Crippen LogP contribution is -2.39. The van der Waals surface area contributed by atoms with Crippen LogP contribution in [-0.2, 0) is 16.1 Å². The van der Waals surface area contributed by atoms with Crippen LogP contribution in [-0.4, -0.2) is 17.1 Å². The van der Waals surface area contributed by atoms with Crippen LogP contribution in [0.5, 0.6) is 5.75 Å². The topological polar surface area (TPSA) is 69.9 Å². The molecule has 0 unspecified atom stereocenters. The highest BCUT2D eigenvalue weighted by atomic mass is 79.9. The number of carbonyl (C=O) groups is 1. The number of aromatic nitrogens is 1. The molecule has 0 fully saturated rings. The van der Waals surface area contributed by atoms with Crippen molar-refractivity contribution < 1.29 is 14.3 Å². The molecule has 2 heterocycles. The second-order valence-corrected chi connectivity index (χ2v) is 11.6. The van der Waals surface area contributed by atoms with Crippen LogP contribution in [0.2, 0.25) is 5.02 Å². The molecular weight excluding hydrogens is 612 g/mol. The van der Waals surface area contributed by atoms with E-state index in [2.05, 4.69) is 20.9 Å². The van der Waals surface area contributed by atoms with Crippen molar-refractivity contribution in [1.29, 1.82) is 0 Å². The number of aryl methyl sites for hydroxylation is 1. The van der Waals surface area contributed by atoms with Crippen LogP contribution in [0.1, 0.15) is 42.1 Å². The summed E-state index contributed by atoms with van der Waals surface area (Å²) in [5.74, 6) is 0.0801. The van der Waals surface area contributed by atoms with Crippen LogP contribution in [0, 0.1) is 6.92 Å². The zero-order valence-electron chi connectivity index (χ0n) is 22.1. The zero-order valence-corrected chi connectivity index (χ0v) is 25.3. The molecule has 0 bridgehead atoms. The Morgan fingerprint density at radius 2 is 1.85 bits per heavy atom. The molecule has 1 aromatic heterocycles. The molecule has 4 aromatic rings. The number of hydrogen-bond acceptors (Lipinski definition) is 6. The molecule has 0 saturated carbocycles. The van der Waals surface area contributed by atoms with Gasteiger partial charge >= 0.3 is 5.97 Å². The predicted molar refractivity (Wildman–Crippen MR) is 162 cm³/mol. The maximum atomic E-state index is 14.0. The van der Waals surface area contributed by atoms with Crippen LogP contribution in [0.4, 0.5) is 0 Å². The van der Waals surface area contributed by atoms with Gasteiger partial charge in [0.2, 0.25) is 0 Å². The van der Waals surface area contributed by atoms with E-state index >= 15 is 0 Å². The molecule has 40 heavy (non-hydrogen) atoms. The Morgan fingerprint density at radius 3 is 2.55 bits per heavy atom. The van der Waals surface area contributed by atoms with Crippen molar-refractivity contribution in [2.24, 2.45) is 4.99 Å². The predicted octanol–water partition coefficient (Wildman–Crippen LogP) is 6.10. The molecule has 9 heteroatoms. The second-order valence-electron chi connectivity index (χ2n) is 9.29. The van der Waals surface area contributed by atoms with E-state index in [1.165, 1.54) is 11.3 Å². The molecule has 0 amide bonds. The molecule has 0 aliphatic carbocycles. The summed E-state index contributed by atoms with van der Waals surface area (Å²) in [6.45, 7) is 6.08. The molecule has 204 valence electrons. The van der Waals surface area contributed by atoms with Crippen LogP contribution in [0.25, 0.3) is 6.08 Å². The Bertz CT molecular complexity index is 1790. The van der Waals surface area contributed by atoms with Crippen molar-refractivity contribution in [3.8, 4) is 5.75 Å². The normalized spacial score (nSPS) is 15.0. The van der Waals surface area contributed by atoms with Crippen molar-refractivity contribution in [3.05, 3.63) is 129 Å². The Labute approximate surface area is 249 Å². The fourth-order valence-corrected chi connectivity index (χ4v) is 6.55. The Morgan fingerprint density at radius 1 is 1.12 bits per heavy atom. The third-order valence-electron chi connectivity index (χ3n) is 6.46. The van der Waals surface area contributed by atoms with Crippen LogP contribution in [0.15, 0.2) is 92.3 Å². The highest BCUT2D eigenvalue weighted by Gasteiger charge is 2.33. The van der Waals surface area contributed by atoms with E-state index in [0.717, 1.165) is 16.7 Å². The number of esters is 1. The van der Waals surface area contributed by atoms with Gasteiger partial charge in [0.25, 0.3) is 5.56 Å². The minimum atomic E-state index is -0.669. The number of carbonyl (C=O) groups excluding carboxylic acids is 1. The number of rotatable bonds is 7. The minimum Gasteiger partial charge on any atom is -0.487 e. The largest absolute Gasteiger partial charge is 0.487 e. The van der Waals surface area contributed by atoms with E-state index in [9.17, 15) is 9.59 Å². The summed E-state index contributed by atoms with van der Waals surface area (Å²) in [5, 5.41) is 0.496. The van der Waals surface area contributed by atoms with E-state index in [1.807, 2.05) is 61.5 Å². The number of fused-ring (bicyclic) bond motifs is 1. The lowest BCUT2D eigenvalue weighted by Gasteiger charge is -2.24. The first-order chi connectivity index (χ1) is 19.3. The fraction of sp³-hybridized carbons (Fsp3) is 0.194. The number of thiazole rings is 1. The number of benzene rings is 3. The standard InChI is InChI=1S/C31H26BrClN2O4S/c1-4-38-30(37)26-19(3)34-31-35(27(26)21-12-10-18(2)11-13-21)29(36)25(40-31)15-22-14-23(33)16-24(32)28(22)39-17-20-8-6-5-7-9-20/h5-16,27H,4,17H2,1-3H3/b25-15-/t27-/m0/s1. The van der Waals surface area contributed by atoms with Gasteiger partial charge in [0, 0.05) is 10.6 Å². The van der Waals surface area contributed by atoms with Gasteiger partial charge in [-0.2, -0.15) is 0 Å². The fourth-order valence-electron chi connectivity index (χ4n) is 4.57. The average molecular weight is 638 g/mol. The lowest BCUT2D eigenvalue weighted by atomic mass is 9.95. The maximum absolute atomic E-state index is 14.0. The highest BCUT2D eigenvalue weighted by Crippen LogP contribution is 2.34. The van der Waals surface area contributed by atoms with Crippen LogP contribution < -0.4 is 19.6 Å². The lowest BCUT2D eigenvalue weighted by molar-refractivity contribution is -0.139. The molecule has 1 aliphatic rings. The molecular formula is C31H26BrClN2O4S. The van der Waals surface area contributed by atoms with Crippen molar-refractivity contribution >= 4 is 50.9 Å². The van der Waals surface area contributed by atoms with Gasteiger partial charge in [-0.25, -0.2) is 9.79 Å². The van der Waals surface area contributed by atoms with Gasteiger partial charge in [0.1, 0.15) is 12.4 Å². The van der Waals surface area contributed by atoms with Crippen LogP contribution in [0.3, 0.4) is 0 Å². The average Bonchev–Trinajstić information content (AvgIpc) is 3.22. The van der Waals surface area contributed by atoms with Gasteiger partial charge in [-0.05, 0) is 66.0 Å². The number of halogens is 2. The van der Waals surface area contributed by atoms with Gasteiger partial charge in [0.15, 0.2) is 4.80 Å². The smallest absolute Gasteiger partial charge is 0.338 e. The van der Waals surface area contributed by atoms with E-state index < -0.39 is 12.0 Å². The monoisotopic (exact) mass is 636 g/mol. The first-order valence-electron chi connectivity index (χ1n) is 12.7. The number of nitrogens with zero attached hydrogens (tertiary/aromatic N) is 2. The van der Waals surface area contributed by atoms with E-state index in [0.29, 0.717) is 48.0 Å². The van der Waals surface area contributed by atoms with Gasteiger partial charge in [-0.15, -0.1) is 0 Å². The first kappa shape index (κ1) is 28.1. The summed E-state index contributed by atoms with van der Waals surface area (Å²) in [5.41, 5.74) is 4.13. The van der Waals surface area contributed by atoms with Gasteiger partial charge in [-0.3, -0.25) is 9.36 Å². The van der Waals surface area contributed by atoms with Crippen molar-refractivity contribution in [3.63, 3.8) is 0 Å². The zero-order chi connectivity index (χ0) is 28.4. The molecule has 3 aromatic carbocycles. The van der Waals surface area contributed by atoms with Crippen LogP contribution >= 0.6 is 38.9 Å². The maximum Gasteiger partial charge on any atom is 0.338 e. The number of hydrogen-bond donors (Lipinski definition) is 0. The first-order valence-corrected chi connectivity index (χ1v) is 14.7. The van der Waals surface area contributed by atoms with E-state index in [4.69, 9.17) is 21.1 Å². The Hall–Kier alpha value is -3.46. The third-order valence-corrected chi connectivity index (χ3v) is 8.25. The van der Waals surface area contributed by atoms with Gasteiger partial charge in [-0.1, -0.05) is 83.1 Å². The quantitative estimate of drug-likeness (QED) is 0.230. The summed E-state index contributed by atoms with van der Waals surface area (Å²) in [7, 11) is 0. The van der Waals surface area contributed by atoms with Crippen molar-refractivity contribution in [2.75, 3.05) is 6.61 Å². The summed E-state index contributed by atoms with van der Waals surface area (Å²) < 4.78 is 14.2. The highest BCUT2D eigenvalue weighted by molar-refractivity contribution is 9.10. The van der Waals surface area contributed by atoms with Gasteiger partial charge in [0.05, 0.1) is 32.9 Å². The van der Waals surface area contributed by atoms with Crippen molar-refractivity contribution in [1.82, 2.24) is 4.57 Å². The van der Waals surface area contributed by atoms with Crippen molar-refractivity contribution in [2.45, 2.75) is 33.4 Å². The molecule has 6 nitrogen and oxygen atoms in total. The van der Waals surface area contributed by atoms with Gasteiger partial charge < -0.3 is 9.47 Å². The summed E-state index contributed by atoms with van der Waals surface area (Å²) in [6.07, 6.45) is 1.76.